The summed E-state index contributed by atoms with van der Waals surface area (Å²) < 4.78 is 1.13. The van der Waals surface area contributed by atoms with E-state index in [2.05, 4.69) is 9.97 Å². The van der Waals surface area contributed by atoms with Crippen LogP contribution < -0.4 is 11.2 Å². The summed E-state index contributed by atoms with van der Waals surface area (Å²) in [6.07, 6.45) is 0.511. The van der Waals surface area contributed by atoms with Crippen LogP contribution in [-0.4, -0.2) is 25.6 Å². The molecule has 0 amide bonds. The van der Waals surface area contributed by atoms with E-state index in [1.165, 1.54) is 13.1 Å². The first-order chi connectivity index (χ1) is 8.45. The summed E-state index contributed by atoms with van der Waals surface area (Å²) in [6.45, 7) is 1.81. The first-order valence-electron chi connectivity index (χ1n) is 5.32. The van der Waals surface area contributed by atoms with Crippen molar-refractivity contribution in [3.05, 3.63) is 38.2 Å². The van der Waals surface area contributed by atoms with Crippen LogP contribution in [0.25, 0.3) is 11.0 Å². The normalized spacial score (nSPS) is 10.8. The summed E-state index contributed by atoms with van der Waals surface area (Å²) in [5.41, 5.74) is -0.903. The molecule has 18 heavy (non-hydrogen) atoms. The second kappa shape index (κ2) is 4.10. The predicted octanol–water partition coefficient (Wildman–Crippen LogP) is -0.118. The number of aryl methyl sites for hydroxylation is 2. The lowest BCUT2D eigenvalue weighted by Gasteiger charge is -2.07. The average Bonchev–Trinajstić information content (AvgIpc) is 2.34. The van der Waals surface area contributed by atoms with E-state index in [-0.39, 0.29) is 16.6 Å². The highest BCUT2D eigenvalue weighted by molar-refractivity contribution is 6.01. The number of rotatable bonds is 2. The van der Waals surface area contributed by atoms with Gasteiger partial charge in [0.05, 0.1) is 10.9 Å². The highest BCUT2D eigenvalue weighted by atomic mass is 16.4. The lowest BCUT2D eigenvalue weighted by atomic mass is 10.1. The molecule has 0 radical (unpaired) electrons. The highest BCUT2D eigenvalue weighted by Crippen LogP contribution is 2.13. The van der Waals surface area contributed by atoms with Gasteiger partial charge in [0.2, 0.25) is 0 Å². The van der Waals surface area contributed by atoms with Crippen LogP contribution >= 0.6 is 0 Å². The molecule has 0 aliphatic rings. The third-order valence-corrected chi connectivity index (χ3v) is 2.72. The molecule has 7 nitrogen and oxygen atoms in total. The Balaban J connectivity index is 3.10. The van der Waals surface area contributed by atoms with Crippen LogP contribution in [0.1, 0.15) is 23.0 Å². The summed E-state index contributed by atoms with van der Waals surface area (Å²) in [5, 5.41) is 9.04. The minimum absolute atomic E-state index is 0.0817. The van der Waals surface area contributed by atoms with E-state index in [0.717, 1.165) is 4.57 Å². The van der Waals surface area contributed by atoms with Crippen molar-refractivity contribution in [3.8, 4) is 0 Å². The van der Waals surface area contributed by atoms with Crippen LogP contribution in [0.15, 0.2) is 15.7 Å². The summed E-state index contributed by atoms with van der Waals surface area (Å²) in [5.74, 6) is -1.22. The monoisotopic (exact) mass is 249 g/mol. The molecular formula is C11H11N3O4. The van der Waals surface area contributed by atoms with Crippen molar-refractivity contribution in [1.82, 2.24) is 14.5 Å². The van der Waals surface area contributed by atoms with E-state index in [1.807, 2.05) is 6.92 Å². The summed E-state index contributed by atoms with van der Waals surface area (Å²) in [4.78, 5) is 40.5. The number of aromatic carboxylic acids is 1. The number of H-pyrrole nitrogens is 1. The second-order valence-electron chi connectivity index (χ2n) is 3.84. The second-order valence-corrected chi connectivity index (χ2v) is 3.84. The molecule has 2 aromatic heterocycles. The number of nitrogens with zero attached hydrogens (tertiary/aromatic N) is 2. The van der Waals surface area contributed by atoms with Gasteiger partial charge in [0.25, 0.3) is 5.56 Å². The standard InChI is InChI=1S/C11H11N3O4/c1-3-5-4-6(10(16)17)7-8(12-5)14(2)11(18)13-9(7)15/h4H,3H2,1-2H3,(H,16,17)(H,13,15,18). The van der Waals surface area contributed by atoms with Crippen molar-refractivity contribution in [3.63, 3.8) is 0 Å². The van der Waals surface area contributed by atoms with E-state index in [0.29, 0.717) is 12.1 Å². The van der Waals surface area contributed by atoms with Crippen LogP contribution in [0, 0.1) is 0 Å². The van der Waals surface area contributed by atoms with Gasteiger partial charge in [-0.15, -0.1) is 0 Å². The maximum atomic E-state index is 11.7. The molecule has 2 heterocycles. The third kappa shape index (κ3) is 1.69. The number of hydrogen-bond donors (Lipinski definition) is 2. The van der Waals surface area contributed by atoms with Gasteiger partial charge in [-0.3, -0.25) is 14.3 Å². The number of fused-ring (bicyclic) bond motifs is 1. The molecule has 2 aromatic rings. The van der Waals surface area contributed by atoms with Crippen molar-refractivity contribution in [2.45, 2.75) is 13.3 Å². The number of nitrogens with one attached hydrogen (secondary N) is 1. The summed E-state index contributed by atoms with van der Waals surface area (Å²) in [7, 11) is 1.43. The van der Waals surface area contributed by atoms with Gasteiger partial charge in [0, 0.05) is 12.7 Å². The maximum Gasteiger partial charge on any atom is 0.336 e. The Labute approximate surface area is 101 Å². The Morgan fingerprint density at radius 1 is 1.50 bits per heavy atom. The van der Waals surface area contributed by atoms with Crippen molar-refractivity contribution >= 4 is 17.0 Å². The van der Waals surface area contributed by atoms with Gasteiger partial charge in [0.15, 0.2) is 0 Å². The van der Waals surface area contributed by atoms with Crippen molar-refractivity contribution < 1.29 is 9.90 Å². The van der Waals surface area contributed by atoms with Gasteiger partial charge < -0.3 is 5.11 Å². The van der Waals surface area contributed by atoms with Crippen molar-refractivity contribution in [1.29, 1.82) is 0 Å². The summed E-state index contributed by atoms with van der Waals surface area (Å²) >= 11 is 0. The fraction of sp³-hybridized carbons (Fsp3) is 0.273. The van der Waals surface area contributed by atoms with Gasteiger partial charge in [-0.2, -0.15) is 0 Å². The van der Waals surface area contributed by atoms with Crippen LogP contribution in [0.2, 0.25) is 0 Å². The van der Waals surface area contributed by atoms with Crippen LogP contribution in [0.5, 0.6) is 0 Å². The number of aromatic amines is 1. The van der Waals surface area contributed by atoms with Crippen LogP contribution in [0.3, 0.4) is 0 Å². The Hall–Kier alpha value is -2.44. The van der Waals surface area contributed by atoms with Crippen molar-refractivity contribution in [2.24, 2.45) is 7.05 Å². The molecular weight excluding hydrogens is 238 g/mol. The zero-order valence-corrected chi connectivity index (χ0v) is 9.85. The number of pyridine rings is 1. The summed E-state index contributed by atoms with van der Waals surface area (Å²) in [6, 6.07) is 1.35. The Morgan fingerprint density at radius 2 is 2.17 bits per heavy atom. The molecule has 0 saturated heterocycles. The number of carboxylic acid groups (broad SMARTS) is 1. The number of hydrogen-bond acceptors (Lipinski definition) is 4. The van der Waals surface area contributed by atoms with Gasteiger partial charge in [0.1, 0.15) is 5.65 Å². The Bertz CT molecular complexity index is 757. The minimum atomic E-state index is -1.22. The highest BCUT2D eigenvalue weighted by Gasteiger charge is 2.17. The smallest absolute Gasteiger partial charge is 0.336 e. The zero-order valence-electron chi connectivity index (χ0n) is 9.85. The average molecular weight is 249 g/mol. The lowest BCUT2D eigenvalue weighted by molar-refractivity contribution is 0.0698. The molecule has 0 fully saturated rings. The molecule has 0 unspecified atom stereocenters. The van der Waals surface area contributed by atoms with Gasteiger partial charge in [-0.25, -0.2) is 14.6 Å². The molecule has 0 bridgehead atoms. The third-order valence-electron chi connectivity index (χ3n) is 2.72. The molecule has 2 rings (SSSR count). The molecule has 0 aliphatic heterocycles. The van der Waals surface area contributed by atoms with Crippen LogP contribution in [0.4, 0.5) is 0 Å². The molecule has 0 aromatic carbocycles. The number of aromatic nitrogens is 3. The fourth-order valence-electron chi connectivity index (χ4n) is 1.74. The lowest BCUT2D eigenvalue weighted by Crippen LogP contribution is -2.30. The molecule has 0 atom stereocenters. The molecule has 94 valence electrons. The first kappa shape index (κ1) is 12.0. The van der Waals surface area contributed by atoms with Gasteiger partial charge in [-0.1, -0.05) is 6.92 Å². The predicted molar refractivity (Wildman–Crippen MR) is 63.9 cm³/mol. The maximum absolute atomic E-state index is 11.7. The van der Waals surface area contributed by atoms with Gasteiger partial charge in [-0.05, 0) is 12.5 Å². The molecule has 0 spiro atoms. The van der Waals surface area contributed by atoms with E-state index >= 15 is 0 Å². The molecule has 0 aliphatic carbocycles. The Kier molecular flexibility index (Phi) is 2.74. The van der Waals surface area contributed by atoms with Crippen LogP contribution in [-0.2, 0) is 13.5 Å². The van der Waals surface area contributed by atoms with E-state index < -0.39 is 17.2 Å². The quantitative estimate of drug-likeness (QED) is 0.772. The Morgan fingerprint density at radius 3 is 2.72 bits per heavy atom. The first-order valence-corrected chi connectivity index (χ1v) is 5.32. The van der Waals surface area contributed by atoms with Gasteiger partial charge >= 0.3 is 11.7 Å². The number of carboxylic acids is 1. The minimum Gasteiger partial charge on any atom is -0.478 e. The molecule has 7 heteroatoms. The van der Waals surface area contributed by atoms with E-state index in [4.69, 9.17) is 5.11 Å². The molecule has 2 N–H and O–H groups in total. The fourth-order valence-corrected chi connectivity index (χ4v) is 1.74. The SMILES string of the molecule is CCc1cc(C(=O)O)c2c(=O)[nH]c(=O)n(C)c2n1. The number of carbonyl (C=O) groups is 1. The van der Waals surface area contributed by atoms with E-state index in [1.54, 1.807) is 0 Å². The largest absolute Gasteiger partial charge is 0.478 e. The zero-order chi connectivity index (χ0) is 13.4. The topological polar surface area (TPSA) is 105 Å². The van der Waals surface area contributed by atoms with E-state index in [9.17, 15) is 14.4 Å². The molecule has 0 saturated carbocycles. The van der Waals surface area contributed by atoms with Crippen molar-refractivity contribution in [2.75, 3.05) is 0 Å².